The van der Waals surface area contributed by atoms with Gasteiger partial charge in [0.05, 0.1) is 25.9 Å². The molecule has 9 heteroatoms. The molecule has 8 nitrogen and oxygen atoms in total. The third-order valence-corrected chi connectivity index (χ3v) is 8.77. The van der Waals surface area contributed by atoms with Gasteiger partial charge in [0.25, 0.3) is 0 Å². The number of phosphoric ester groups is 1. The number of ether oxygens (including phenoxy) is 1. The first-order chi connectivity index (χ1) is 20.9. The first kappa shape index (κ1) is 42.5. The number of carbonyl (C=O) groups excluding carboxylic acids is 1. The molecule has 0 radical (unpaired) electrons. The second-order valence-corrected chi connectivity index (χ2v) is 13.6. The fourth-order valence-corrected chi connectivity index (χ4v) is 5.97. The predicted molar refractivity (Wildman–Crippen MR) is 178 cm³/mol. The van der Waals surface area contributed by atoms with Crippen LogP contribution in [0.4, 0.5) is 0 Å². The molecule has 0 aromatic rings. The number of carbonyl (C=O) groups is 1. The summed E-state index contributed by atoms with van der Waals surface area (Å²) in [5, 5.41) is 11.8. The molecular formula is C34H70NO7P. The lowest BCUT2D eigenvalue weighted by atomic mass is 10.0. The Morgan fingerprint density at radius 1 is 0.605 bits per heavy atom. The van der Waals surface area contributed by atoms with E-state index >= 15 is 0 Å². The number of nitrogens with one attached hydrogen (secondary N) is 1. The maximum absolute atomic E-state index is 12.6. The van der Waals surface area contributed by atoms with Crippen LogP contribution in [0.2, 0.25) is 0 Å². The van der Waals surface area contributed by atoms with Crippen LogP contribution in [0.25, 0.3) is 0 Å². The predicted octanol–water partition coefficient (Wildman–Crippen LogP) is 9.41. The van der Waals surface area contributed by atoms with Gasteiger partial charge in [0.2, 0.25) is 5.91 Å². The fourth-order valence-electron chi connectivity index (χ4n) is 5.12. The van der Waals surface area contributed by atoms with Crippen molar-refractivity contribution in [2.75, 3.05) is 33.0 Å². The van der Waals surface area contributed by atoms with E-state index in [0.717, 1.165) is 44.9 Å². The molecule has 0 aliphatic heterocycles. The number of unbranched alkanes of at least 4 members (excludes halogenated alkanes) is 21. The van der Waals surface area contributed by atoms with E-state index in [0.29, 0.717) is 19.4 Å². The summed E-state index contributed by atoms with van der Waals surface area (Å²) in [7, 11) is -4.15. The van der Waals surface area contributed by atoms with Gasteiger partial charge in [-0.3, -0.25) is 13.8 Å². The zero-order valence-corrected chi connectivity index (χ0v) is 29.1. The minimum atomic E-state index is -4.15. The summed E-state index contributed by atoms with van der Waals surface area (Å²) >= 11 is 0. The van der Waals surface area contributed by atoms with Crippen molar-refractivity contribution in [3.8, 4) is 0 Å². The molecule has 0 bridgehead atoms. The van der Waals surface area contributed by atoms with Crippen molar-refractivity contribution in [1.82, 2.24) is 5.32 Å². The van der Waals surface area contributed by atoms with Crippen molar-refractivity contribution < 1.29 is 33.1 Å². The number of hydrogen-bond acceptors (Lipinski definition) is 6. The lowest BCUT2D eigenvalue weighted by Gasteiger charge is -2.20. The molecule has 0 aliphatic carbocycles. The van der Waals surface area contributed by atoms with Gasteiger partial charge in [-0.25, -0.2) is 4.57 Å². The van der Waals surface area contributed by atoms with Crippen LogP contribution < -0.4 is 5.32 Å². The molecule has 43 heavy (non-hydrogen) atoms. The monoisotopic (exact) mass is 635 g/mol. The molecular weight excluding hydrogens is 565 g/mol. The van der Waals surface area contributed by atoms with E-state index in [1.54, 1.807) is 0 Å². The number of rotatable bonds is 35. The van der Waals surface area contributed by atoms with E-state index in [2.05, 4.69) is 12.2 Å². The van der Waals surface area contributed by atoms with Gasteiger partial charge in [0, 0.05) is 19.6 Å². The van der Waals surface area contributed by atoms with Crippen molar-refractivity contribution >= 4 is 13.7 Å². The molecule has 0 aromatic carbocycles. The van der Waals surface area contributed by atoms with Gasteiger partial charge < -0.3 is 20.1 Å². The molecule has 0 rings (SSSR count). The van der Waals surface area contributed by atoms with Crippen molar-refractivity contribution in [2.45, 2.75) is 180 Å². The standard InChI is InChI=1S/C34H70NO7P/c1-3-5-6-7-8-9-10-11-12-13-17-20-23-26-30-40-31-33(32-42-43(38,39)41-29-4-2)35-34(37)27-24-21-18-15-14-16-19-22-25-28-36/h33,36H,3-32H2,1-2H3,(H,35,37)(H,38,39). The summed E-state index contributed by atoms with van der Waals surface area (Å²) in [5.41, 5.74) is 0. The minimum absolute atomic E-state index is 0.0834. The Hall–Kier alpha value is -0.500. The van der Waals surface area contributed by atoms with Crippen LogP contribution >= 0.6 is 7.82 Å². The van der Waals surface area contributed by atoms with E-state index in [9.17, 15) is 14.3 Å². The van der Waals surface area contributed by atoms with E-state index in [1.807, 2.05) is 6.92 Å². The van der Waals surface area contributed by atoms with Gasteiger partial charge in [-0.1, -0.05) is 142 Å². The molecule has 258 valence electrons. The molecule has 0 spiro atoms. The molecule has 2 atom stereocenters. The van der Waals surface area contributed by atoms with Crippen molar-refractivity contribution in [1.29, 1.82) is 0 Å². The first-order valence-corrected chi connectivity index (χ1v) is 19.5. The largest absolute Gasteiger partial charge is 0.472 e. The summed E-state index contributed by atoms with van der Waals surface area (Å²) in [6, 6.07) is -0.497. The molecule has 2 unspecified atom stereocenters. The van der Waals surface area contributed by atoms with Crippen molar-refractivity contribution in [3.63, 3.8) is 0 Å². The Morgan fingerprint density at radius 2 is 1.07 bits per heavy atom. The lowest BCUT2D eigenvalue weighted by Crippen LogP contribution is -2.41. The second kappa shape index (κ2) is 32.9. The highest BCUT2D eigenvalue weighted by molar-refractivity contribution is 7.47. The van der Waals surface area contributed by atoms with Gasteiger partial charge in [0.15, 0.2) is 0 Å². The van der Waals surface area contributed by atoms with Crippen LogP contribution in [0.15, 0.2) is 0 Å². The summed E-state index contributed by atoms with van der Waals surface area (Å²) < 4.78 is 28.0. The van der Waals surface area contributed by atoms with Crippen molar-refractivity contribution in [3.05, 3.63) is 0 Å². The SMILES string of the molecule is CCCCCCCCCCCCCCCCOCC(COP(=O)(O)OCCC)NC(=O)CCCCCCCCCCCO. The quantitative estimate of drug-likeness (QED) is 0.0469. The van der Waals surface area contributed by atoms with Gasteiger partial charge >= 0.3 is 7.82 Å². The molecule has 0 saturated heterocycles. The highest BCUT2D eigenvalue weighted by atomic mass is 31.2. The zero-order chi connectivity index (χ0) is 31.7. The summed E-state index contributed by atoms with van der Waals surface area (Å²) in [6.07, 6.45) is 29.0. The molecule has 0 saturated carbocycles. The third-order valence-electron chi connectivity index (χ3n) is 7.79. The Morgan fingerprint density at radius 3 is 1.56 bits per heavy atom. The molecule has 0 aliphatic rings. The third kappa shape index (κ3) is 32.7. The number of hydrogen-bond donors (Lipinski definition) is 3. The van der Waals surface area contributed by atoms with Gasteiger partial charge in [0.1, 0.15) is 0 Å². The summed E-state index contributed by atoms with van der Waals surface area (Å²) in [6.45, 7) is 5.27. The minimum Gasteiger partial charge on any atom is -0.396 e. The van der Waals surface area contributed by atoms with Crippen LogP contribution in [-0.4, -0.2) is 55.0 Å². The van der Waals surface area contributed by atoms with Crippen LogP contribution in [0, 0.1) is 0 Å². The second-order valence-electron chi connectivity index (χ2n) is 12.2. The van der Waals surface area contributed by atoms with Crippen molar-refractivity contribution in [2.24, 2.45) is 0 Å². The highest BCUT2D eigenvalue weighted by Gasteiger charge is 2.24. The van der Waals surface area contributed by atoms with E-state index in [4.69, 9.17) is 18.9 Å². The maximum atomic E-state index is 12.6. The summed E-state index contributed by atoms with van der Waals surface area (Å²) in [5.74, 6) is -0.0834. The van der Waals surface area contributed by atoms with Crippen LogP contribution in [0.5, 0.6) is 0 Å². The Kier molecular flexibility index (Phi) is 32.5. The van der Waals surface area contributed by atoms with E-state index < -0.39 is 13.9 Å². The number of amides is 1. The molecule has 3 N–H and O–H groups in total. The number of phosphoric acid groups is 1. The summed E-state index contributed by atoms with van der Waals surface area (Å²) in [4.78, 5) is 22.4. The Labute approximate surface area is 265 Å². The molecule has 0 aromatic heterocycles. The van der Waals surface area contributed by atoms with Gasteiger partial charge in [-0.05, 0) is 25.7 Å². The smallest absolute Gasteiger partial charge is 0.396 e. The average molecular weight is 636 g/mol. The number of aliphatic hydroxyl groups excluding tert-OH is 1. The van der Waals surface area contributed by atoms with Crippen LogP contribution in [0.3, 0.4) is 0 Å². The van der Waals surface area contributed by atoms with Crippen LogP contribution in [0.1, 0.15) is 174 Å². The normalized spacial score (nSPS) is 13.7. The molecule has 0 heterocycles. The van der Waals surface area contributed by atoms with E-state index in [-0.39, 0.29) is 32.3 Å². The maximum Gasteiger partial charge on any atom is 0.472 e. The topological polar surface area (TPSA) is 114 Å². The highest BCUT2D eigenvalue weighted by Crippen LogP contribution is 2.43. The molecule has 1 amide bonds. The average Bonchev–Trinajstić information content (AvgIpc) is 2.99. The fraction of sp³-hybridized carbons (Fsp3) is 0.971. The Bertz CT molecular complexity index is 638. The van der Waals surface area contributed by atoms with Gasteiger partial charge in [-0.15, -0.1) is 0 Å². The number of aliphatic hydroxyl groups is 1. The molecule has 0 fully saturated rings. The first-order valence-electron chi connectivity index (χ1n) is 18.0. The lowest BCUT2D eigenvalue weighted by molar-refractivity contribution is -0.122. The Balaban J connectivity index is 4.06. The van der Waals surface area contributed by atoms with E-state index in [1.165, 1.54) is 103 Å². The van der Waals surface area contributed by atoms with Gasteiger partial charge in [-0.2, -0.15) is 0 Å². The zero-order valence-electron chi connectivity index (χ0n) is 28.2. The van der Waals surface area contributed by atoms with Crippen LogP contribution in [-0.2, 0) is 23.1 Å².